The maximum Gasteiger partial charge on any atom is 0.255 e. The minimum atomic E-state index is -0.0423. The molecular formula is C19H20N4O3. The molecule has 3 aromatic rings. The minimum Gasteiger partial charge on any atom is -0.441 e. The van der Waals surface area contributed by atoms with Gasteiger partial charge in [0.05, 0.1) is 5.56 Å². The van der Waals surface area contributed by atoms with Gasteiger partial charge in [0.25, 0.3) is 11.8 Å². The van der Waals surface area contributed by atoms with Gasteiger partial charge < -0.3 is 18.8 Å². The molecule has 1 aliphatic heterocycles. The van der Waals surface area contributed by atoms with Crippen LogP contribution in [0.3, 0.4) is 0 Å². The number of fused-ring (bicyclic) bond motifs is 1. The Kier molecular flexibility index (Phi) is 3.99. The summed E-state index contributed by atoms with van der Waals surface area (Å²) in [5.41, 5.74) is 2.64. The van der Waals surface area contributed by atoms with Crippen LogP contribution in [-0.2, 0) is 7.05 Å². The van der Waals surface area contributed by atoms with Gasteiger partial charge >= 0.3 is 0 Å². The second kappa shape index (κ2) is 6.33. The Hall–Kier alpha value is -3.09. The van der Waals surface area contributed by atoms with E-state index in [1.54, 1.807) is 34.9 Å². The first kappa shape index (κ1) is 16.4. The zero-order valence-corrected chi connectivity index (χ0v) is 14.8. The number of benzene rings is 1. The highest BCUT2D eigenvalue weighted by Crippen LogP contribution is 2.19. The van der Waals surface area contributed by atoms with Crippen molar-refractivity contribution in [1.29, 1.82) is 0 Å². The quantitative estimate of drug-likeness (QED) is 0.708. The normalized spacial score (nSPS) is 14.8. The molecule has 1 fully saturated rings. The third-order valence-corrected chi connectivity index (χ3v) is 4.67. The number of hydrogen-bond donors (Lipinski definition) is 0. The van der Waals surface area contributed by atoms with E-state index in [4.69, 9.17) is 4.42 Å². The number of aromatic nitrogens is 2. The van der Waals surface area contributed by atoms with Crippen LogP contribution in [0.2, 0.25) is 0 Å². The Labute approximate surface area is 150 Å². The van der Waals surface area contributed by atoms with Gasteiger partial charge in [-0.1, -0.05) is 0 Å². The van der Waals surface area contributed by atoms with Gasteiger partial charge in [-0.2, -0.15) is 0 Å². The molecule has 7 nitrogen and oxygen atoms in total. The fourth-order valence-corrected chi connectivity index (χ4v) is 3.28. The lowest BCUT2D eigenvalue weighted by Gasteiger charge is -2.34. The Morgan fingerprint density at radius 2 is 1.65 bits per heavy atom. The molecule has 0 spiro atoms. The molecule has 1 aliphatic rings. The number of aryl methyl sites for hydroxylation is 2. The summed E-state index contributed by atoms with van der Waals surface area (Å²) < 4.78 is 7.31. The number of oxazole rings is 1. The largest absolute Gasteiger partial charge is 0.441 e. The van der Waals surface area contributed by atoms with E-state index in [0.29, 0.717) is 54.3 Å². The number of piperazine rings is 1. The highest BCUT2D eigenvalue weighted by atomic mass is 16.3. The summed E-state index contributed by atoms with van der Waals surface area (Å²) in [6, 6.07) is 7.11. The van der Waals surface area contributed by atoms with E-state index >= 15 is 0 Å². The molecule has 1 aromatic carbocycles. The highest BCUT2D eigenvalue weighted by molar-refractivity contribution is 5.97. The van der Waals surface area contributed by atoms with Crippen molar-refractivity contribution in [2.24, 2.45) is 7.05 Å². The van der Waals surface area contributed by atoms with Crippen molar-refractivity contribution < 1.29 is 14.0 Å². The van der Waals surface area contributed by atoms with Gasteiger partial charge in [-0.15, -0.1) is 0 Å². The van der Waals surface area contributed by atoms with Crippen molar-refractivity contribution in [3.8, 4) is 0 Å². The van der Waals surface area contributed by atoms with Crippen LogP contribution in [0.4, 0.5) is 0 Å². The number of carbonyl (C=O) groups is 2. The van der Waals surface area contributed by atoms with Crippen molar-refractivity contribution in [2.45, 2.75) is 6.92 Å². The zero-order chi connectivity index (χ0) is 18.3. The first-order chi connectivity index (χ1) is 12.5. The SMILES string of the molecule is Cc1nc2cc(C(=O)N3CCN(C(=O)c4ccn(C)c4)CC3)ccc2o1. The molecule has 1 saturated heterocycles. The Balaban J connectivity index is 1.43. The molecule has 0 atom stereocenters. The van der Waals surface area contributed by atoms with Crippen molar-refractivity contribution in [3.05, 3.63) is 53.7 Å². The molecule has 0 unspecified atom stereocenters. The van der Waals surface area contributed by atoms with E-state index in [-0.39, 0.29) is 11.8 Å². The van der Waals surface area contributed by atoms with E-state index < -0.39 is 0 Å². The maximum atomic E-state index is 12.8. The average molecular weight is 352 g/mol. The maximum absolute atomic E-state index is 12.8. The highest BCUT2D eigenvalue weighted by Gasteiger charge is 2.26. The van der Waals surface area contributed by atoms with Crippen LogP contribution in [0.15, 0.2) is 41.1 Å². The number of hydrogen-bond acceptors (Lipinski definition) is 4. The smallest absolute Gasteiger partial charge is 0.255 e. The van der Waals surface area contributed by atoms with Crippen LogP contribution in [-0.4, -0.2) is 57.3 Å². The molecule has 0 bridgehead atoms. The predicted octanol–water partition coefficient (Wildman–Crippen LogP) is 2.07. The molecule has 4 rings (SSSR count). The lowest BCUT2D eigenvalue weighted by Crippen LogP contribution is -2.50. The number of rotatable bonds is 2. The van der Waals surface area contributed by atoms with Crippen LogP contribution >= 0.6 is 0 Å². The standard InChI is InChI=1S/C19H20N4O3/c1-13-20-16-11-14(3-4-17(16)26-13)18(24)22-7-9-23(10-8-22)19(25)15-5-6-21(2)12-15/h3-6,11-12H,7-10H2,1-2H3. The van der Waals surface area contributed by atoms with Gasteiger partial charge in [0.15, 0.2) is 11.5 Å². The molecule has 2 aromatic heterocycles. The summed E-state index contributed by atoms with van der Waals surface area (Å²) in [5, 5.41) is 0. The van der Waals surface area contributed by atoms with Crippen LogP contribution in [0.1, 0.15) is 26.6 Å². The molecule has 0 N–H and O–H groups in total. The Bertz CT molecular complexity index is 980. The van der Waals surface area contributed by atoms with Crippen molar-refractivity contribution >= 4 is 22.9 Å². The summed E-state index contributed by atoms with van der Waals surface area (Å²) in [6.45, 7) is 3.89. The van der Waals surface area contributed by atoms with Gasteiger partial charge in [0.1, 0.15) is 5.52 Å². The second-order valence-electron chi connectivity index (χ2n) is 6.57. The third kappa shape index (κ3) is 2.96. The van der Waals surface area contributed by atoms with E-state index in [9.17, 15) is 9.59 Å². The van der Waals surface area contributed by atoms with E-state index in [0.717, 1.165) is 0 Å². The molecule has 3 heterocycles. The number of nitrogens with zero attached hydrogens (tertiary/aromatic N) is 4. The summed E-state index contributed by atoms with van der Waals surface area (Å²) in [5.74, 6) is 0.550. The van der Waals surface area contributed by atoms with Gasteiger partial charge in [-0.05, 0) is 24.3 Å². The lowest BCUT2D eigenvalue weighted by atomic mass is 10.1. The van der Waals surface area contributed by atoms with E-state index in [2.05, 4.69) is 4.98 Å². The fourth-order valence-electron chi connectivity index (χ4n) is 3.28. The molecule has 26 heavy (non-hydrogen) atoms. The van der Waals surface area contributed by atoms with E-state index in [1.165, 1.54) is 0 Å². The fraction of sp³-hybridized carbons (Fsp3) is 0.316. The predicted molar refractivity (Wildman–Crippen MR) is 96.0 cm³/mol. The average Bonchev–Trinajstić information content (AvgIpc) is 3.24. The Morgan fingerprint density at radius 3 is 2.27 bits per heavy atom. The Morgan fingerprint density at radius 1 is 1.00 bits per heavy atom. The summed E-state index contributed by atoms with van der Waals surface area (Å²) in [6.07, 6.45) is 3.67. The van der Waals surface area contributed by atoms with Crippen LogP contribution in [0.25, 0.3) is 11.1 Å². The summed E-state index contributed by atoms with van der Waals surface area (Å²) >= 11 is 0. The molecule has 134 valence electrons. The van der Waals surface area contributed by atoms with Gasteiger partial charge in [0, 0.05) is 58.1 Å². The minimum absolute atomic E-state index is 0.0113. The zero-order valence-electron chi connectivity index (χ0n) is 14.8. The molecule has 0 saturated carbocycles. The van der Waals surface area contributed by atoms with Crippen LogP contribution in [0, 0.1) is 6.92 Å². The van der Waals surface area contributed by atoms with Gasteiger partial charge in [-0.3, -0.25) is 9.59 Å². The lowest BCUT2D eigenvalue weighted by molar-refractivity contribution is 0.0535. The van der Waals surface area contributed by atoms with Gasteiger partial charge in [0.2, 0.25) is 0 Å². The second-order valence-corrected chi connectivity index (χ2v) is 6.57. The molecule has 0 radical (unpaired) electrons. The van der Waals surface area contributed by atoms with Crippen LogP contribution in [0.5, 0.6) is 0 Å². The molecule has 0 aliphatic carbocycles. The van der Waals surface area contributed by atoms with Gasteiger partial charge in [-0.25, -0.2) is 4.98 Å². The van der Waals surface area contributed by atoms with Crippen LogP contribution < -0.4 is 0 Å². The summed E-state index contributed by atoms with van der Waals surface area (Å²) in [4.78, 5) is 33.1. The summed E-state index contributed by atoms with van der Waals surface area (Å²) in [7, 11) is 1.89. The van der Waals surface area contributed by atoms with Crippen molar-refractivity contribution in [1.82, 2.24) is 19.4 Å². The molecule has 7 heteroatoms. The number of amides is 2. The molecular weight excluding hydrogens is 332 g/mol. The van der Waals surface area contributed by atoms with E-state index in [1.807, 2.05) is 30.1 Å². The van der Waals surface area contributed by atoms with Crippen molar-refractivity contribution in [3.63, 3.8) is 0 Å². The number of carbonyl (C=O) groups excluding carboxylic acids is 2. The van der Waals surface area contributed by atoms with Crippen molar-refractivity contribution in [2.75, 3.05) is 26.2 Å². The first-order valence-electron chi connectivity index (χ1n) is 8.59. The molecule has 2 amide bonds. The third-order valence-electron chi connectivity index (χ3n) is 4.67. The monoisotopic (exact) mass is 352 g/mol. The first-order valence-corrected chi connectivity index (χ1v) is 8.59. The topological polar surface area (TPSA) is 71.6 Å².